The molecule has 0 amide bonds. The fourth-order valence-electron chi connectivity index (χ4n) is 1.08. The molecule has 0 aliphatic carbocycles. The molecule has 0 saturated carbocycles. The van der Waals surface area contributed by atoms with Gasteiger partial charge in [-0.25, -0.2) is 0 Å². The maximum absolute atomic E-state index is 5.67. The van der Waals surface area contributed by atoms with Crippen LogP contribution in [0.15, 0.2) is 24.3 Å². The Morgan fingerprint density at radius 2 is 1.71 bits per heavy atom. The lowest BCUT2D eigenvalue weighted by molar-refractivity contribution is 0.198. The van der Waals surface area contributed by atoms with E-state index in [2.05, 4.69) is 25.0 Å². The minimum Gasteiger partial charge on any atom is -0.381 e. The lowest BCUT2D eigenvalue weighted by Gasteiger charge is -1.91. The van der Waals surface area contributed by atoms with Gasteiger partial charge >= 0.3 is 18.2 Å². The first-order valence-corrected chi connectivity index (χ1v) is 9.69. The summed E-state index contributed by atoms with van der Waals surface area (Å²) in [4.78, 5) is 0. The number of hydrogen-bond donors (Lipinski definition) is 0. The van der Waals surface area contributed by atoms with Gasteiger partial charge in [0.1, 0.15) is 0 Å². The third kappa shape index (κ3) is 5.56. The van der Waals surface area contributed by atoms with E-state index in [1.165, 1.54) is 16.5 Å². The second-order valence-corrected chi connectivity index (χ2v) is 6.28. The van der Waals surface area contributed by atoms with Crippen LogP contribution in [0.1, 0.15) is 12.8 Å². The summed E-state index contributed by atoms with van der Waals surface area (Å²) in [5.41, 5.74) is 0. The van der Waals surface area contributed by atoms with Crippen molar-refractivity contribution in [2.75, 3.05) is 13.2 Å². The number of ether oxygens (including phenoxy) is 1. The van der Waals surface area contributed by atoms with E-state index in [0.29, 0.717) is 0 Å². The summed E-state index contributed by atoms with van der Waals surface area (Å²) in [5, 5.41) is 0.814. The van der Waals surface area contributed by atoms with Gasteiger partial charge in [0.05, 0.1) is 0 Å². The predicted octanol–water partition coefficient (Wildman–Crippen LogP) is 2.78. The zero-order valence-corrected chi connectivity index (χ0v) is 11.8. The molecule has 0 aromatic heterocycles. The second kappa shape index (κ2) is 7.94. The minimum absolute atomic E-state index is 0.171. The van der Waals surface area contributed by atoms with Gasteiger partial charge in [0.25, 0.3) is 0 Å². The average molecular weight is 288 g/mol. The molecular weight excluding hydrogens is 276 g/mol. The van der Waals surface area contributed by atoms with Crippen LogP contribution >= 0.6 is 24.5 Å². The van der Waals surface area contributed by atoms with E-state index in [9.17, 15) is 0 Å². The highest BCUT2D eigenvalue weighted by Gasteiger charge is 1.94. The Morgan fingerprint density at radius 1 is 1.14 bits per heavy atom. The highest BCUT2D eigenvalue weighted by molar-refractivity contribution is 9.23. The third-order valence-corrected chi connectivity index (χ3v) is 4.87. The molecule has 1 heterocycles. The van der Waals surface area contributed by atoms with Crippen molar-refractivity contribution < 1.29 is 4.74 Å². The van der Waals surface area contributed by atoms with Crippen molar-refractivity contribution >= 4 is 46.4 Å². The molecule has 1 aromatic carbocycles. The van der Waals surface area contributed by atoms with Crippen LogP contribution in [0.25, 0.3) is 0 Å². The van der Waals surface area contributed by atoms with Crippen LogP contribution in [0, 0.1) is 0 Å². The molecule has 0 radical (unpaired) electrons. The molecule has 1 nitrogen and oxygen atoms in total. The zero-order chi connectivity index (χ0) is 10.2. The van der Waals surface area contributed by atoms with Crippen molar-refractivity contribution in [2.24, 2.45) is 0 Å². The molecule has 0 N–H and O–H groups in total. The van der Waals surface area contributed by atoms with E-state index < -0.39 is 0 Å². The van der Waals surface area contributed by atoms with Gasteiger partial charge in [-0.2, -0.15) is 3.69 Å². The molecule has 1 saturated heterocycles. The number of benzene rings is 1. The van der Waals surface area contributed by atoms with Gasteiger partial charge in [0, 0.05) is 18.2 Å². The van der Waals surface area contributed by atoms with Gasteiger partial charge in [-0.3, -0.25) is 12.9 Å². The van der Waals surface area contributed by atoms with Crippen LogP contribution in [-0.2, 0) is 4.74 Å². The summed E-state index contributed by atoms with van der Waals surface area (Å²) in [6.45, 7) is 2.00. The van der Waals surface area contributed by atoms with Gasteiger partial charge in [-0.05, 0) is 25.0 Å². The second-order valence-electron chi connectivity index (χ2n) is 3.08. The van der Waals surface area contributed by atoms with Gasteiger partial charge < -0.3 is 4.74 Å². The van der Waals surface area contributed by atoms with Gasteiger partial charge in [0.2, 0.25) is 0 Å². The van der Waals surface area contributed by atoms with E-state index in [4.69, 9.17) is 16.3 Å². The summed E-state index contributed by atoms with van der Waals surface area (Å²) in [5.74, 6) is 0. The van der Waals surface area contributed by atoms with Gasteiger partial charge in [-0.1, -0.05) is 23.7 Å². The predicted molar refractivity (Wildman–Crippen MR) is 65.8 cm³/mol. The summed E-state index contributed by atoms with van der Waals surface area (Å²) in [6.07, 6.45) is 2.56. The van der Waals surface area contributed by atoms with Crippen molar-refractivity contribution in [3.63, 3.8) is 0 Å². The van der Waals surface area contributed by atoms with Crippen LogP contribution in [0.2, 0.25) is 5.02 Å². The first-order valence-electron chi connectivity index (χ1n) is 4.71. The fourth-order valence-corrected chi connectivity index (χ4v) is 2.75. The summed E-state index contributed by atoms with van der Waals surface area (Å²) in [6, 6.07) is 7.96. The van der Waals surface area contributed by atoms with Crippen LogP contribution in [0.3, 0.4) is 0 Å². The van der Waals surface area contributed by atoms with E-state index in [0.717, 1.165) is 18.2 Å². The SMILES string of the molecule is C1CCOC1.Clc1cc[c]([Mg][Br])cc1. The molecule has 1 aliphatic rings. The number of rotatable bonds is 1. The van der Waals surface area contributed by atoms with Crippen molar-refractivity contribution in [1.82, 2.24) is 0 Å². The Labute approximate surface area is 106 Å². The zero-order valence-electron chi connectivity index (χ0n) is 8.01. The largest absolute Gasteiger partial charge is 0.506 e. The Bertz CT molecular complexity index is 241. The van der Waals surface area contributed by atoms with Crippen molar-refractivity contribution in [3.05, 3.63) is 29.3 Å². The maximum atomic E-state index is 5.67. The Hall–Kier alpha value is 0.716. The van der Waals surface area contributed by atoms with E-state index >= 15 is 0 Å². The lowest BCUT2D eigenvalue weighted by Crippen LogP contribution is -2.05. The summed E-state index contributed by atoms with van der Waals surface area (Å²) >= 11 is 8.98. The first-order chi connectivity index (χ1) is 6.83. The van der Waals surface area contributed by atoms with Gasteiger partial charge in [-0.15, -0.1) is 0 Å². The normalized spacial score (nSPS) is 14.1. The highest BCUT2D eigenvalue weighted by atomic mass is 79.9. The molecule has 1 fully saturated rings. The minimum atomic E-state index is -0.171. The molecule has 1 aromatic rings. The maximum Gasteiger partial charge on any atom is 0.506 e. The number of halogens is 2. The Morgan fingerprint density at radius 3 is 2.07 bits per heavy atom. The van der Waals surface area contributed by atoms with Crippen molar-refractivity contribution in [2.45, 2.75) is 12.8 Å². The van der Waals surface area contributed by atoms with E-state index in [1.807, 2.05) is 12.1 Å². The van der Waals surface area contributed by atoms with Crippen molar-refractivity contribution in [1.29, 1.82) is 0 Å². The van der Waals surface area contributed by atoms with Crippen LogP contribution in [0.4, 0.5) is 0 Å². The molecule has 1 aliphatic heterocycles. The molecule has 74 valence electrons. The highest BCUT2D eigenvalue weighted by Crippen LogP contribution is 2.03. The molecule has 0 spiro atoms. The molecular formula is C10H12BrClMgO. The molecule has 0 atom stereocenters. The fraction of sp³-hybridized carbons (Fsp3) is 0.400. The molecule has 4 heteroatoms. The third-order valence-electron chi connectivity index (χ3n) is 1.89. The topological polar surface area (TPSA) is 9.23 Å². The smallest absolute Gasteiger partial charge is 0.381 e. The van der Waals surface area contributed by atoms with E-state index in [-0.39, 0.29) is 18.2 Å². The quantitative estimate of drug-likeness (QED) is 0.722. The summed E-state index contributed by atoms with van der Waals surface area (Å²) in [7, 11) is 0. The standard InChI is InChI=1S/C6H4Cl.C4H8O.BrH.Mg/c7-6-4-2-1-3-5-6;1-2-4-5-3-1;;/h2-5H;1-4H2;1H;/q;;;+1/p-1. The van der Waals surface area contributed by atoms with Crippen LogP contribution < -0.4 is 3.69 Å². The molecule has 2 rings (SSSR count). The first kappa shape index (κ1) is 12.8. The monoisotopic (exact) mass is 286 g/mol. The molecule has 0 unspecified atom stereocenters. The van der Waals surface area contributed by atoms with Crippen LogP contribution in [-0.4, -0.2) is 31.4 Å². The lowest BCUT2D eigenvalue weighted by atomic mass is 10.4. The summed E-state index contributed by atoms with van der Waals surface area (Å²) < 4.78 is 6.33. The van der Waals surface area contributed by atoms with E-state index in [1.54, 1.807) is 0 Å². The average Bonchev–Trinajstić information content (AvgIpc) is 2.77. The van der Waals surface area contributed by atoms with Gasteiger partial charge in [0.15, 0.2) is 0 Å². The number of hydrogen-bond acceptors (Lipinski definition) is 1. The Balaban J connectivity index is 0.000000165. The molecule has 0 bridgehead atoms. The molecule has 14 heavy (non-hydrogen) atoms. The Kier molecular flexibility index (Phi) is 7.25. The van der Waals surface area contributed by atoms with Crippen molar-refractivity contribution in [3.8, 4) is 0 Å². The van der Waals surface area contributed by atoms with Crippen LogP contribution in [0.5, 0.6) is 0 Å².